The number of carbonyl (C=O) groups excluding carboxylic acids is 2. The molecule has 1 aromatic rings. The highest BCUT2D eigenvalue weighted by molar-refractivity contribution is 7.99. The first-order valence-electron chi connectivity index (χ1n) is 8.69. The van der Waals surface area contributed by atoms with Crippen LogP contribution >= 0.6 is 11.8 Å². The van der Waals surface area contributed by atoms with Gasteiger partial charge in [0.1, 0.15) is 30.3 Å². The van der Waals surface area contributed by atoms with Gasteiger partial charge in [-0.3, -0.25) is 4.90 Å². The van der Waals surface area contributed by atoms with Crippen LogP contribution in [0.5, 0.6) is 5.75 Å². The number of fused-ring (bicyclic) bond motifs is 3. The quantitative estimate of drug-likeness (QED) is 0.833. The van der Waals surface area contributed by atoms with E-state index in [0.29, 0.717) is 17.1 Å². The highest BCUT2D eigenvalue weighted by Gasteiger charge is 2.47. The molecule has 2 atom stereocenters. The van der Waals surface area contributed by atoms with Gasteiger partial charge < -0.3 is 24.4 Å². The van der Waals surface area contributed by atoms with Crippen molar-refractivity contribution in [3.63, 3.8) is 0 Å². The number of halogens is 1. The third-order valence-corrected chi connectivity index (χ3v) is 5.83. The average Bonchev–Trinajstić information content (AvgIpc) is 3.02. The van der Waals surface area contributed by atoms with Crippen LogP contribution in [0.3, 0.4) is 0 Å². The van der Waals surface area contributed by atoms with Crippen molar-refractivity contribution in [3.8, 4) is 5.75 Å². The molecular formula is C17H20FN3O5S. The number of hydrogen-bond donors (Lipinski definition) is 1. The normalized spacial score (nSPS) is 23.9. The molecule has 2 fully saturated rings. The summed E-state index contributed by atoms with van der Waals surface area (Å²) in [6.45, 7) is 1.84. The van der Waals surface area contributed by atoms with Crippen LogP contribution in [-0.4, -0.2) is 69.2 Å². The number of alkyl carbamates (subject to hydrolysis) is 1. The number of nitrogens with one attached hydrogen (secondary N) is 1. The van der Waals surface area contributed by atoms with E-state index in [1.165, 1.54) is 18.1 Å². The third kappa shape index (κ3) is 3.33. The van der Waals surface area contributed by atoms with Crippen molar-refractivity contribution in [2.45, 2.75) is 12.1 Å². The molecule has 8 nitrogen and oxygen atoms in total. The fourth-order valence-electron chi connectivity index (χ4n) is 3.52. The van der Waals surface area contributed by atoms with Crippen molar-refractivity contribution in [1.82, 2.24) is 5.32 Å². The summed E-state index contributed by atoms with van der Waals surface area (Å²) in [5.41, 5.74) is 0.841. The summed E-state index contributed by atoms with van der Waals surface area (Å²) >= 11 is 1.85. The van der Waals surface area contributed by atoms with Crippen LogP contribution in [0.15, 0.2) is 12.1 Å². The number of methoxy groups -OCH3 is 1. The van der Waals surface area contributed by atoms with E-state index in [0.717, 1.165) is 24.6 Å². The molecule has 0 aromatic heterocycles. The first-order valence-corrected chi connectivity index (χ1v) is 9.84. The molecule has 0 radical (unpaired) electrons. The van der Waals surface area contributed by atoms with E-state index in [2.05, 4.69) is 10.1 Å². The predicted octanol–water partition coefficient (Wildman–Crippen LogP) is 1.82. The van der Waals surface area contributed by atoms with Gasteiger partial charge in [-0.1, -0.05) is 0 Å². The van der Waals surface area contributed by atoms with Crippen LogP contribution in [0.4, 0.5) is 25.4 Å². The SMILES string of the molecule is COC(=O)NC[C@@H]1OC(=O)N2c3cc(F)c(N4CCSCC4)cc3OC[C@@H]12. The Hall–Kier alpha value is -2.36. The molecule has 10 heteroatoms. The Balaban J connectivity index is 1.57. The zero-order chi connectivity index (χ0) is 19.0. The van der Waals surface area contributed by atoms with E-state index >= 15 is 0 Å². The maximum atomic E-state index is 14.8. The van der Waals surface area contributed by atoms with Crippen LogP contribution in [0, 0.1) is 5.82 Å². The molecule has 3 aliphatic rings. The van der Waals surface area contributed by atoms with Crippen LogP contribution in [0.2, 0.25) is 0 Å². The number of nitrogens with zero attached hydrogens (tertiary/aromatic N) is 2. The fourth-order valence-corrected chi connectivity index (χ4v) is 4.42. The van der Waals surface area contributed by atoms with Crippen molar-refractivity contribution in [3.05, 3.63) is 17.9 Å². The minimum Gasteiger partial charge on any atom is -0.489 e. The zero-order valence-corrected chi connectivity index (χ0v) is 15.6. The molecule has 4 rings (SSSR count). The lowest BCUT2D eigenvalue weighted by atomic mass is 10.1. The topological polar surface area (TPSA) is 80.3 Å². The Morgan fingerprint density at radius 1 is 1.37 bits per heavy atom. The number of ether oxygens (including phenoxy) is 3. The van der Waals surface area contributed by atoms with Crippen LogP contribution < -0.4 is 19.9 Å². The lowest BCUT2D eigenvalue weighted by molar-refractivity contribution is 0.115. The first-order chi connectivity index (χ1) is 13.1. The molecule has 0 bridgehead atoms. The molecule has 3 heterocycles. The Morgan fingerprint density at radius 3 is 2.89 bits per heavy atom. The number of hydrogen-bond acceptors (Lipinski definition) is 7. The number of carbonyl (C=O) groups is 2. The Kier molecular flexibility index (Phi) is 4.90. The Labute approximate surface area is 159 Å². The van der Waals surface area contributed by atoms with Gasteiger partial charge >= 0.3 is 12.2 Å². The van der Waals surface area contributed by atoms with Gasteiger partial charge in [0, 0.05) is 36.7 Å². The fraction of sp³-hybridized carbons (Fsp3) is 0.529. The third-order valence-electron chi connectivity index (χ3n) is 4.89. The molecule has 1 N–H and O–H groups in total. The summed E-state index contributed by atoms with van der Waals surface area (Å²) in [6, 6.07) is 2.54. The van der Waals surface area contributed by atoms with E-state index in [1.807, 2.05) is 16.7 Å². The van der Waals surface area contributed by atoms with Gasteiger partial charge in [0.05, 0.1) is 25.0 Å². The van der Waals surface area contributed by atoms with Crippen LogP contribution in [0.25, 0.3) is 0 Å². The van der Waals surface area contributed by atoms with E-state index < -0.39 is 30.1 Å². The van der Waals surface area contributed by atoms with E-state index in [4.69, 9.17) is 9.47 Å². The summed E-state index contributed by atoms with van der Waals surface area (Å²) in [5.74, 6) is 1.97. The first kappa shape index (κ1) is 18.0. The minimum absolute atomic E-state index is 0.0876. The maximum absolute atomic E-state index is 14.8. The van der Waals surface area contributed by atoms with E-state index in [1.54, 1.807) is 6.07 Å². The molecule has 3 aliphatic heterocycles. The molecule has 2 amide bonds. The van der Waals surface area contributed by atoms with Gasteiger partial charge in [0.25, 0.3) is 0 Å². The molecule has 146 valence electrons. The summed E-state index contributed by atoms with van der Waals surface area (Å²) in [4.78, 5) is 27.0. The molecule has 0 saturated carbocycles. The van der Waals surface area contributed by atoms with Gasteiger partial charge in [-0.15, -0.1) is 0 Å². The van der Waals surface area contributed by atoms with Gasteiger partial charge in [0.2, 0.25) is 0 Å². The molecule has 0 unspecified atom stereocenters. The maximum Gasteiger partial charge on any atom is 0.415 e. The monoisotopic (exact) mass is 397 g/mol. The van der Waals surface area contributed by atoms with Gasteiger partial charge in [-0.25, -0.2) is 14.0 Å². The van der Waals surface area contributed by atoms with Crippen molar-refractivity contribution < 1.29 is 28.2 Å². The number of thioether (sulfide) groups is 1. The molecule has 2 saturated heterocycles. The van der Waals surface area contributed by atoms with Crippen molar-refractivity contribution >= 4 is 35.3 Å². The summed E-state index contributed by atoms with van der Waals surface area (Å²) < 4.78 is 30.5. The number of amides is 2. The van der Waals surface area contributed by atoms with Gasteiger partial charge in [-0.2, -0.15) is 11.8 Å². The summed E-state index contributed by atoms with van der Waals surface area (Å²) in [5, 5.41) is 2.51. The molecule has 27 heavy (non-hydrogen) atoms. The average molecular weight is 397 g/mol. The second-order valence-corrected chi connectivity index (χ2v) is 7.64. The number of benzene rings is 1. The van der Waals surface area contributed by atoms with Crippen molar-refractivity contribution in [1.29, 1.82) is 0 Å². The van der Waals surface area contributed by atoms with Crippen LogP contribution in [-0.2, 0) is 9.47 Å². The van der Waals surface area contributed by atoms with E-state index in [9.17, 15) is 14.0 Å². The smallest absolute Gasteiger partial charge is 0.415 e. The highest BCUT2D eigenvalue weighted by atomic mass is 32.2. The predicted molar refractivity (Wildman–Crippen MR) is 98.4 cm³/mol. The molecule has 0 aliphatic carbocycles. The molecular weight excluding hydrogens is 377 g/mol. The summed E-state index contributed by atoms with van der Waals surface area (Å²) in [6.07, 6.45) is -1.80. The van der Waals surface area contributed by atoms with Crippen molar-refractivity contribution in [2.75, 3.05) is 54.7 Å². The second-order valence-electron chi connectivity index (χ2n) is 6.41. The lowest BCUT2D eigenvalue weighted by Crippen LogP contribution is -2.48. The largest absolute Gasteiger partial charge is 0.489 e. The van der Waals surface area contributed by atoms with Crippen molar-refractivity contribution in [2.24, 2.45) is 0 Å². The standard InChI is InChI=1S/C17H20FN3O5S/c1-24-16(22)19-8-15-13-9-25-14-7-11(20-2-4-27-5-3-20)10(18)6-12(14)21(13)17(23)26-15/h6-7,13,15H,2-5,8-9H2,1H3,(H,19,22)/t13-,15-/m0/s1. The zero-order valence-electron chi connectivity index (χ0n) is 14.8. The Bertz CT molecular complexity index is 758. The highest BCUT2D eigenvalue weighted by Crippen LogP contribution is 2.42. The van der Waals surface area contributed by atoms with Gasteiger partial charge in [-0.05, 0) is 0 Å². The van der Waals surface area contributed by atoms with E-state index in [-0.39, 0.29) is 13.2 Å². The molecule has 0 spiro atoms. The minimum atomic E-state index is -0.614. The second kappa shape index (κ2) is 7.34. The number of cyclic esters (lactones) is 1. The molecule has 1 aromatic carbocycles. The Morgan fingerprint density at radius 2 is 2.15 bits per heavy atom. The summed E-state index contributed by atoms with van der Waals surface area (Å²) in [7, 11) is 1.25. The lowest BCUT2D eigenvalue weighted by Gasteiger charge is -2.34. The van der Waals surface area contributed by atoms with Crippen LogP contribution in [0.1, 0.15) is 0 Å². The number of anilines is 2. The number of rotatable bonds is 3. The van der Waals surface area contributed by atoms with Gasteiger partial charge in [0.15, 0.2) is 0 Å².